The first kappa shape index (κ1) is 13.8. The van der Waals surface area contributed by atoms with Crippen molar-refractivity contribution in [2.24, 2.45) is 0 Å². The van der Waals surface area contributed by atoms with Crippen LogP contribution in [0.2, 0.25) is 0 Å². The van der Waals surface area contributed by atoms with Crippen molar-refractivity contribution < 1.29 is 9.53 Å². The highest BCUT2D eigenvalue weighted by Gasteiger charge is 2.28. The number of carbonyl (C=O) groups excluding carboxylic acids is 1. The lowest BCUT2D eigenvalue weighted by Gasteiger charge is -2.38. The molecule has 1 fully saturated rings. The summed E-state index contributed by atoms with van der Waals surface area (Å²) >= 11 is 0. The van der Waals surface area contributed by atoms with Crippen LogP contribution in [0.4, 0.5) is 11.4 Å². The molecule has 1 aromatic carbocycles. The molecule has 2 unspecified atom stereocenters. The van der Waals surface area contributed by atoms with Gasteiger partial charge < -0.3 is 20.7 Å². The number of nitrogens with one attached hydrogen (secondary N) is 3. The second kappa shape index (κ2) is 5.44. The summed E-state index contributed by atoms with van der Waals surface area (Å²) < 4.78 is 6.00. The number of fused-ring (bicyclic) bond motifs is 3. The lowest BCUT2D eigenvalue weighted by atomic mass is 10.0. The van der Waals surface area contributed by atoms with Crippen molar-refractivity contribution in [1.82, 2.24) is 10.2 Å². The van der Waals surface area contributed by atoms with Crippen molar-refractivity contribution in [2.45, 2.75) is 32.0 Å². The summed E-state index contributed by atoms with van der Waals surface area (Å²) in [5, 5.41) is 9.67. The van der Waals surface area contributed by atoms with Crippen LogP contribution in [0.15, 0.2) is 12.1 Å². The molecule has 22 heavy (non-hydrogen) atoms. The number of hydrogen-bond donors (Lipinski definition) is 3. The molecule has 0 spiro atoms. The molecule has 1 aromatic rings. The molecule has 3 aliphatic heterocycles. The fourth-order valence-corrected chi connectivity index (χ4v) is 3.46. The molecule has 0 radical (unpaired) electrons. The molecule has 2 atom stereocenters. The quantitative estimate of drug-likeness (QED) is 0.667. The molecule has 0 aromatic heterocycles. The van der Waals surface area contributed by atoms with E-state index in [4.69, 9.17) is 4.74 Å². The van der Waals surface area contributed by atoms with Gasteiger partial charge in [-0.1, -0.05) is 0 Å². The normalized spacial score (nSPS) is 28.0. The number of piperazine rings is 1. The molecule has 3 heterocycles. The van der Waals surface area contributed by atoms with Gasteiger partial charge >= 0.3 is 0 Å². The van der Waals surface area contributed by atoms with Gasteiger partial charge in [-0.3, -0.25) is 9.69 Å². The fourth-order valence-electron chi connectivity index (χ4n) is 3.46. The van der Waals surface area contributed by atoms with Crippen molar-refractivity contribution in [3.63, 3.8) is 0 Å². The van der Waals surface area contributed by atoms with Gasteiger partial charge in [-0.2, -0.15) is 0 Å². The van der Waals surface area contributed by atoms with Gasteiger partial charge in [-0.05, 0) is 19.4 Å². The van der Waals surface area contributed by atoms with Crippen molar-refractivity contribution in [3.8, 4) is 5.75 Å². The van der Waals surface area contributed by atoms with Crippen LogP contribution in [0.5, 0.6) is 5.75 Å². The van der Waals surface area contributed by atoms with E-state index in [0.717, 1.165) is 61.9 Å². The predicted octanol–water partition coefficient (Wildman–Crippen LogP) is 0.995. The van der Waals surface area contributed by atoms with E-state index in [2.05, 4.69) is 26.9 Å². The van der Waals surface area contributed by atoms with Crippen LogP contribution >= 0.6 is 0 Å². The Balaban J connectivity index is 1.67. The van der Waals surface area contributed by atoms with Crippen LogP contribution in [-0.4, -0.2) is 49.1 Å². The minimum absolute atomic E-state index is 0.0132. The monoisotopic (exact) mass is 302 g/mol. The third-order valence-electron chi connectivity index (χ3n) is 4.78. The lowest BCUT2D eigenvalue weighted by molar-refractivity contribution is -0.116. The van der Waals surface area contributed by atoms with Crippen LogP contribution in [0.25, 0.3) is 0 Å². The second-order valence-corrected chi connectivity index (χ2v) is 6.33. The molecule has 3 N–H and O–H groups in total. The zero-order valence-corrected chi connectivity index (χ0v) is 12.8. The topological polar surface area (TPSA) is 65.6 Å². The first-order valence-electron chi connectivity index (χ1n) is 8.02. The van der Waals surface area contributed by atoms with E-state index in [0.29, 0.717) is 6.04 Å². The van der Waals surface area contributed by atoms with Gasteiger partial charge in [0.1, 0.15) is 11.8 Å². The van der Waals surface area contributed by atoms with Gasteiger partial charge in [0.2, 0.25) is 5.91 Å². The summed E-state index contributed by atoms with van der Waals surface area (Å²) in [7, 11) is 0. The van der Waals surface area contributed by atoms with Gasteiger partial charge in [0.05, 0.1) is 18.0 Å². The minimum atomic E-state index is -0.211. The number of nitrogens with zero attached hydrogens (tertiary/aromatic N) is 1. The highest BCUT2D eigenvalue weighted by Crippen LogP contribution is 2.36. The smallest absolute Gasteiger partial charge is 0.246 e. The minimum Gasteiger partial charge on any atom is -0.493 e. The highest BCUT2D eigenvalue weighted by atomic mass is 16.5. The molecule has 1 amide bonds. The molecule has 1 saturated heterocycles. The number of anilines is 2. The average molecular weight is 302 g/mol. The van der Waals surface area contributed by atoms with Crippen molar-refractivity contribution >= 4 is 17.3 Å². The standard InChI is InChI=1S/C16H22N4O2/c1-10-16(21)19-13-6-11-9-20-4-3-17-8-12(20)2-5-22-15(11)7-14(13)18-10/h6-7,10,12,17-18H,2-5,8-9H2,1H3,(H,19,21). The number of benzene rings is 1. The van der Waals surface area contributed by atoms with Gasteiger partial charge in [0.25, 0.3) is 0 Å². The molecule has 0 aliphatic carbocycles. The Labute approximate surface area is 130 Å². The summed E-state index contributed by atoms with van der Waals surface area (Å²) in [5.74, 6) is 0.950. The Hall–Kier alpha value is -1.79. The third kappa shape index (κ3) is 2.42. The lowest BCUT2D eigenvalue weighted by Crippen LogP contribution is -2.51. The maximum atomic E-state index is 11.9. The number of ether oxygens (including phenoxy) is 1. The predicted molar refractivity (Wildman–Crippen MR) is 85.3 cm³/mol. The maximum Gasteiger partial charge on any atom is 0.246 e. The first-order chi connectivity index (χ1) is 10.7. The van der Waals surface area contributed by atoms with Crippen molar-refractivity contribution in [1.29, 1.82) is 0 Å². The Morgan fingerprint density at radius 1 is 1.32 bits per heavy atom. The SMILES string of the molecule is CC1Nc2cc3c(cc2NC1=O)CN1CCNCC1CCO3. The number of amides is 1. The average Bonchev–Trinajstić information content (AvgIpc) is 2.49. The summed E-state index contributed by atoms with van der Waals surface area (Å²) in [6, 6.07) is 4.41. The van der Waals surface area contributed by atoms with E-state index in [1.54, 1.807) is 0 Å². The van der Waals surface area contributed by atoms with Gasteiger partial charge in [0.15, 0.2) is 0 Å². The molecule has 6 heteroatoms. The molecule has 3 aliphatic rings. The Kier molecular flexibility index (Phi) is 3.43. The van der Waals surface area contributed by atoms with Gasteiger partial charge in [-0.25, -0.2) is 0 Å². The second-order valence-electron chi connectivity index (χ2n) is 6.33. The first-order valence-corrected chi connectivity index (χ1v) is 8.02. The van der Waals surface area contributed by atoms with Gasteiger partial charge in [0, 0.05) is 43.9 Å². The van der Waals surface area contributed by atoms with Crippen LogP contribution in [0.1, 0.15) is 18.9 Å². The summed E-state index contributed by atoms with van der Waals surface area (Å²) in [5.41, 5.74) is 2.96. The highest BCUT2D eigenvalue weighted by molar-refractivity contribution is 6.03. The van der Waals surface area contributed by atoms with Crippen LogP contribution in [0, 0.1) is 0 Å². The number of hydrogen-bond acceptors (Lipinski definition) is 5. The van der Waals surface area contributed by atoms with E-state index in [1.807, 2.05) is 13.0 Å². The van der Waals surface area contributed by atoms with Crippen LogP contribution in [-0.2, 0) is 11.3 Å². The van der Waals surface area contributed by atoms with Crippen molar-refractivity contribution in [3.05, 3.63) is 17.7 Å². The van der Waals surface area contributed by atoms with Crippen molar-refractivity contribution in [2.75, 3.05) is 36.9 Å². The van der Waals surface area contributed by atoms with E-state index in [-0.39, 0.29) is 11.9 Å². The molecule has 118 valence electrons. The van der Waals surface area contributed by atoms with E-state index < -0.39 is 0 Å². The maximum absolute atomic E-state index is 11.9. The zero-order chi connectivity index (χ0) is 15.1. The summed E-state index contributed by atoms with van der Waals surface area (Å²) in [6.45, 7) is 6.59. The zero-order valence-electron chi connectivity index (χ0n) is 12.8. The van der Waals surface area contributed by atoms with Crippen LogP contribution < -0.4 is 20.7 Å². The summed E-state index contributed by atoms with van der Waals surface area (Å²) in [4.78, 5) is 14.4. The number of rotatable bonds is 0. The Morgan fingerprint density at radius 3 is 3.14 bits per heavy atom. The Bertz CT molecular complexity index is 604. The van der Waals surface area contributed by atoms with E-state index >= 15 is 0 Å². The molecule has 6 nitrogen and oxygen atoms in total. The Morgan fingerprint density at radius 2 is 2.23 bits per heavy atom. The number of carbonyl (C=O) groups is 1. The molecule has 0 bridgehead atoms. The molecule has 0 saturated carbocycles. The molecular formula is C16H22N4O2. The molecular weight excluding hydrogens is 280 g/mol. The molecule has 4 rings (SSSR count). The van der Waals surface area contributed by atoms with E-state index in [1.165, 1.54) is 0 Å². The fraction of sp³-hybridized carbons (Fsp3) is 0.562. The van der Waals surface area contributed by atoms with Gasteiger partial charge in [-0.15, -0.1) is 0 Å². The van der Waals surface area contributed by atoms with Crippen LogP contribution in [0.3, 0.4) is 0 Å². The van der Waals surface area contributed by atoms with E-state index in [9.17, 15) is 4.79 Å². The largest absolute Gasteiger partial charge is 0.493 e. The summed E-state index contributed by atoms with van der Waals surface area (Å²) in [6.07, 6.45) is 1.05. The third-order valence-corrected chi connectivity index (χ3v) is 4.78.